The molecule has 0 aromatic carbocycles. The van der Waals surface area contributed by atoms with Crippen molar-refractivity contribution < 1.29 is 4.79 Å². The van der Waals surface area contributed by atoms with Crippen LogP contribution in [0.5, 0.6) is 0 Å². The smallest absolute Gasteiger partial charge is 0.277 e. The van der Waals surface area contributed by atoms with Gasteiger partial charge < -0.3 is 5.32 Å². The van der Waals surface area contributed by atoms with Gasteiger partial charge in [-0.3, -0.25) is 14.7 Å². The van der Waals surface area contributed by atoms with E-state index in [4.69, 9.17) is 0 Å². The molecule has 0 atom stereocenters. The fourth-order valence-electron chi connectivity index (χ4n) is 1.73. The number of nitrogens with zero attached hydrogens (tertiary/aromatic N) is 3. The number of hydrogen-bond donors (Lipinski definition) is 2. The Hall–Kier alpha value is -2.44. The van der Waals surface area contributed by atoms with E-state index < -0.39 is 0 Å². The number of rotatable bonds is 5. The van der Waals surface area contributed by atoms with Gasteiger partial charge in [0, 0.05) is 24.4 Å². The van der Waals surface area contributed by atoms with Crippen molar-refractivity contribution in [3.8, 4) is 0 Å². The molecule has 7 heteroatoms. The molecule has 106 valence electrons. The van der Waals surface area contributed by atoms with Crippen molar-refractivity contribution in [2.45, 2.75) is 33.2 Å². The van der Waals surface area contributed by atoms with Crippen LogP contribution >= 0.6 is 0 Å². The van der Waals surface area contributed by atoms with Crippen molar-refractivity contribution >= 4 is 11.7 Å². The molecule has 2 N–H and O–H groups in total. The Morgan fingerprint density at radius 2 is 2.20 bits per heavy atom. The lowest BCUT2D eigenvalue weighted by molar-refractivity contribution is 0.101. The lowest BCUT2D eigenvalue weighted by Gasteiger charge is -2.05. The monoisotopic (exact) mass is 275 g/mol. The second-order valence-electron chi connectivity index (χ2n) is 4.37. The van der Waals surface area contributed by atoms with Crippen LogP contribution in [0.3, 0.4) is 0 Å². The van der Waals surface area contributed by atoms with E-state index in [1.165, 1.54) is 16.8 Å². The number of carbonyl (C=O) groups excluding carboxylic acids is 1. The SMILES string of the molecule is CCCn1nc(C(=O)Nc2cc(CC)[nH]n2)ccc1=O. The fraction of sp³-hybridized carbons (Fsp3) is 0.385. The van der Waals surface area contributed by atoms with Crippen LogP contribution in [0.2, 0.25) is 0 Å². The van der Waals surface area contributed by atoms with Crippen LogP contribution in [0.25, 0.3) is 0 Å². The summed E-state index contributed by atoms with van der Waals surface area (Å²) in [5.74, 6) is 0.0610. The zero-order valence-corrected chi connectivity index (χ0v) is 11.5. The predicted molar refractivity (Wildman–Crippen MR) is 74.7 cm³/mol. The summed E-state index contributed by atoms with van der Waals surface area (Å²) in [5, 5.41) is 13.5. The first kappa shape index (κ1) is 14.0. The molecule has 2 aromatic heterocycles. The first-order valence-electron chi connectivity index (χ1n) is 6.57. The highest BCUT2D eigenvalue weighted by molar-refractivity contribution is 6.02. The zero-order valence-electron chi connectivity index (χ0n) is 11.5. The Balaban J connectivity index is 2.16. The summed E-state index contributed by atoms with van der Waals surface area (Å²) < 4.78 is 1.29. The fourth-order valence-corrected chi connectivity index (χ4v) is 1.73. The maximum atomic E-state index is 12.0. The number of carbonyl (C=O) groups is 1. The van der Waals surface area contributed by atoms with Crippen LogP contribution in [0.15, 0.2) is 23.0 Å². The third kappa shape index (κ3) is 3.11. The molecule has 7 nitrogen and oxygen atoms in total. The van der Waals surface area contributed by atoms with Crippen molar-refractivity contribution in [3.05, 3.63) is 39.9 Å². The first-order chi connectivity index (χ1) is 9.63. The second kappa shape index (κ2) is 6.14. The maximum absolute atomic E-state index is 12.0. The highest BCUT2D eigenvalue weighted by atomic mass is 16.2. The summed E-state index contributed by atoms with van der Waals surface area (Å²) in [6.45, 7) is 4.42. The van der Waals surface area contributed by atoms with Gasteiger partial charge in [0.2, 0.25) is 0 Å². The Bertz CT molecular complexity index is 659. The number of anilines is 1. The highest BCUT2D eigenvalue weighted by Crippen LogP contribution is 2.07. The van der Waals surface area contributed by atoms with Crippen molar-refractivity contribution in [1.82, 2.24) is 20.0 Å². The van der Waals surface area contributed by atoms with Crippen LogP contribution in [-0.4, -0.2) is 25.9 Å². The van der Waals surface area contributed by atoms with Crippen LogP contribution in [-0.2, 0) is 13.0 Å². The molecule has 0 aliphatic carbocycles. The lowest BCUT2D eigenvalue weighted by atomic mass is 10.3. The number of aromatic nitrogens is 4. The molecule has 0 saturated carbocycles. The second-order valence-corrected chi connectivity index (χ2v) is 4.37. The molecule has 0 saturated heterocycles. The number of amides is 1. The first-order valence-corrected chi connectivity index (χ1v) is 6.57. The molecule has 0 radical (unpaired) electrons. The molecule has 20 heavy (non-hydrogen) atoms. The molecule has 0 unspecified atom stereocenters. The minimum atomic E-state index is -0.385. The van der Waals surface area contributed by atoms with E-state index in [0.717, 1.165) is 18.5 Å². The highest BCUT2D eigenvalue weighted by Gasteiger charge is 2.11. The van der Waals surface area contributed by atoms with Crippen LogP contribution in [0.4, 0.5) is 5.82 Å². The number of aromatic amines is 1. The van der Waals surface area contributed by atoms with Gasteiger partial charge in [0.15, 0.2) is 5.82 Å². The van der Waals surface area contributed by atoms with Gasteiger partial charge in [-0.1, -0.05) is 13.8 Å². The Kier molecular flexibility index (Phi) is 4.29. The summed E-state index contributed by atoms with van der Waals surface area (Å²) in [4.78, 5) is 23.6. The quantitative estimate of drug-likeness (QED) is 0.857. The Labute approximate surface area is 116 Å². The minimum absolute atomic E-state index is 0.194. The van der Waals surface area contributed by atoms with Gasteiger partial charge in [0.1, 0.15) is 5.69 Å². The van der Waals surface area contributed by atoms with E-state index in [1.807, 2.05) is 13.8 Å². The number of H-pyrrole nitrogens is 1. The van der Waals surface area contributed by atoms with Gasteiger partial charge in [-0.05, 0) is 18.9 Å². The van der Waals surface area contributed by atoms with Gasteiger partial charge in [-0.25, -0.2) is 4.68 Å². The van der Waals surface area contributed by atoms with Crippen LogP contribution in [0.1, 0.15) is 36.5 Å². The summed E-state index contributed by atoms with van der Waals surface area (Å²) in [5.41, 5.74) is 0.916. The van der Waals surface area contributed by atoms with E-state index in [0.29, 0.717) is 12.4 Å². The molecule has 0 spiro atoms. The largest absolute Gasteiger partial charge is 0.304 e. The van der Waals surface area contributed by atoms with Gasteiger partial charge in [0.05, 0.1) is 0 Å². The molecular formula is C13H17N5O2. The average Bonchev–Trinajstić information content (AvgIpc) is 2.89. The van der Waals surface area contributed by atoms with Crippen molar-refractivity contribution in [3.63, 3.8) is 0 Å². The van der Waals surface area contributed by atoms with Gasteiger partial charge in [0.25, 0.3) is 11.5 Å². The van der Waals surface area contributed by atoms with Crippen molar-refractivity contribution in [1.29, 1.82) is 0 Å². The maximum Gasteiger partial charge on any atom is 0.277 e. The molecule has 0 aliphatic heterocycles. The summed E-state index contributed by atoms with van der Waals surface area (Å²) in [7, 11) is 0. The number of hydrogen-bond acceptors (Lipinski definition) is 4. The van der Waals surface area contributed by atoms with Crippen LogP contribution in [0, 0.1) is 0 Å². The van der Waals surface area contributed by atoms with Crippen LogP contribution < -0.4 is 10.9 Å². The van der Waals surface area contributed by atoms with Gasteiger partial charge in [-0.2, -0.15) is 10.2 Å². The molecule has 2 aromatic rings. The van der Waals surface area contributed by atoms with Crippen molar-refractivity contribution in [2.75, 3.05) is 5.32 Å². The summed E-state index contributed by atoms with van der Waals surface area (Å²) in [6, 6.07) is 4.52. The van der Waals surface area contributed by atoms with E-state index >= 15 is 0 Å². The Morgan fingerprint density at radius 3 is 2.85 bits per heavy atom. The predicted octanol–water partition coefficient (Wildman–Crippen LogP) is 1.19. The molecule has 0 fully saturated rings. The van der Waals surface area contributed by atoms with E-state index in [2.05, 4.69) is 20.6 Å². The topological polar surface area (TPSA) is 92.7 Å². The van der Waals surface area contributed by atoms with E-state index in [9.17, 15) is 9.59 Å². The number of aryl methyl sites for hydroxylation is 2. The normalized spacial score (nSPS) is 10.5. The van der Waals surface area contributed by atoms with E-state index in [1.54, 1.807) is 6.07 Å². The summed E-state index contributed by atoms with van der Waals surface area (Å²) >= 11 is 0. The number of nitrogens with one attached hydrogen (secondary N) is 2. The Morgan fingerprint density at radius 1 is 1.40 bits per heavy atom. The zero-order chi connectivity index (χ0) is 14.5. The van der Waals surface area contributed by atoms with Crippen molar-refractivity contribution in [2.24, 2.45) is 0 Å². The molecule has 0 aliphatic rings. The average molecular weight is 275 g/mol. The van der Waals surface area contributed by atoms with Gasteiger partial charge in [-0.15, -0.1) is 0 Å². The summed E-state index contributed by atoms with van der Waals surface area (Å²) in [6.07, 6.45) is 1.58. The lowest BCUT2D eigenvalue weighted by Crippen LogP contribution is -2.26. The molecular weight excluding hydrogens is 258 g/mol. The molecule has 2 rings (SSSR count). The molecule has 0 bridgehead atoms. The third-order valence-electron chi connectivity index (χ3n) is 2.79. The molecule has 1 amide bonds. The minimum Gasteiger partial charge on any atom is -0.304 e. The standard InChI is InChI=1S/C13H17N5O2/c1-3-7-18-12(19)6-5-10(17-18)13(20)14-11-8-9(4-2)15-16-11/h5-6,8H,3-4,7H2,1-2H3,(H2,14,15,16,20). The third-order valence-corrected chi connectivity index (χ3v) is 2.79. The molecule has 2 heterocycles. The van der Waals surface area contributed by atoms with E-state index in [-0.39, 0.29) is 17.2 Å². The van der Waals surface area contributed by atoms with Gasteiger partial charge >= 0.3 is 0 Å².